The van der Waals surface area contributed by atoms with Crippen molar-refractivity contribution in [2.24, 2.45) is 13.0 Å². The van der Waals surface area contributed by atoms with Gasteiger partial charge in [0.1, 0.15) is 11.4 Å². The Balaban J connectivity index is 1.83. The zero-order valence-corrected chi connectivity index (χ0v) is 22.0. The maximum Gasteiger partial charge on any atom is 0.407 e. The van der Waals surface area contributed by atoms with E-state index >= 15 is 0 Å². The normalized spacial score (nSPS) is 13.6. The molecular weight excluding hydrogens is 446 g/mol. The molecule has 2 unspecified atom stereocenters. The van der Waals surface area contributed by atoms with Crippen molar-refractivity contribution in [3.05, 3.63) is 46.0 Å². The highest BCUT2D eigenvalue weighted by molar-refractivity contribution is 6.06. The summed E-state index contributed by atoms with van der Waals surface area (Å²) in [6, 6.07) is 5.76. The highest BCUT2D eigenvalue weighted by Crippen LogP contribution is 2.31. The molecule has 0 bridgehead atoms. The number of methoxy groups -OCH3 is 1. The largest absolute Gasteiger partial charge is 0.493 e. The van der Waals surface area contributed by atoms with Crippen molar-refractivity contribution < 1.29 is 19.0 Å². The van der Waals surface area contributed by atoms with Gasteiger partial charge in [-0.15, -0.1) is 0 Å². The molecule has 0 saturated carbocycles. The van der Waals surface area contributed by atoms with Gasteiger partial charge in [-0.1, -0.05) is 6.92 Å². The third-order valence-electron chi connectivity index (χ3n) is 5.83. The van der Waals surface area contributed by atoms with E-state index < -0.39 is 11.7 Å². The maximum absolute atomic E-state index is 13.1. The van der Waals surface area contributed by atoms with Gasteiger partial charge in [0.25, 0.3) is 5.56 Å². The Hall–Kier alpha value is -3.13. The highest BCUT2D eigenvalue weighted by atomic mass is 16.6. The van der Waals surface area contributed by atoms with Crippen LogP contribution in [-0.2, 0) is 23.1 Å². The average Bonchev–Trinajstić information content (AvgIpc) is 2.74. The van der Waals surface area contributed by atoms with Crippen molar-refractivity contribution in [1.29, 1.82) is 0 Å². The van der Waals surface area contributed by atoms with Gasteiger partial charge in [-0.3, -0.25) is 9.78 Å². The summed E-state index contributed by atoms with van der Waals surface area (Å²) in [6.07, 6.45) is 2.03. The molecule has 190 valence electrons. The van der Waals surface area contributed by atoms with Gasteiger partial charge in [-0.25, -0.2) is 4.79 Å². The summed E-state index contributed by atoms with van der Waals surface area (Å²) in [5.41, 5.74) is 1.78. The second kappa shape index (κ2) is 10.6. The van der Waals surface area contributed by atoms with Gasteiger partial charge in [0.05, 0.1) is 29.8 Å². The molecule has 2 heterocycles. The molecule has 2 aromatic heterocycles. The lowest BCUT2D eigenvalue weighted by molar-refractivity contribution is 0.0500. The molecule has 0 radical (unpaired) electrons. The van der Waals surface area contributed by atoms with Gasteiger partial charge in [0.15, 0.2) is 0 Å². The lowest BCUT2D eigenvalue weighted by atomic mass is 10.0. The van der Waals surface area contributed by atoms with Crippen molar-refractivity contribution >= 4 is 27.8 Å². The Labute approximate surface area is 206 Å². The van der Waals surface area contributed by atoms with Crippen LogP contribution in [0, 0.1) is 12.8 Å². The van der Waals surface area contributed by atoms with Crippen LogP contribution in [0.4, 0.5) is 4.79 Å². The zero-order valence-electron chi connectivity index (χ0n) is 22.0. The second-order valence-electron chi connectivity index (χ2n) is 10.3. The minimum atomic E-state index is -0.535. The predicted octanol–water partition coefficient (Wildman–Crippen LogP) is 4.86. The molecule has 8 heteroatoms. The average molecular weight is 484 g/mol. The molecule has 1 aromatic carbocycles. The molecule has 35 heavy (non-hydrogen) atoms. The number of benzene rings is 1. The van der Waals surface area contributed by atoms with E-state index in [1.54, 1.807) is 24.9 Å². The van der Waals surface area contributed by atoms with Gasteiger partial charge >= 0.3 is 6.09 Å². The van der Waals surface area contributed by atoms with Crippen molar-refractivity contribution in [2.75, 3.05) is 13.7 Å². The SMILES string of the molecule is COCc1cc2c3ccnc(C)c3c(=O)n(C)c2cc1OCC(C)CC(C)NC(=O)OC(C)(C)C. The third-order valence-corrected chi connectivity index (χ3v) is 5.83. The van der Waals surface area contributed by atoms with Crippen molar-refractivity contribution in [3.63, 3.8) is 0 Å². The second-order valence-corrected chi connectivity index (χ2v) is 10.3. The number of amides is 1. The van der Waals surface area contributed by atoms with Crippen LogP contribution in [0.1, 0.15) is 52.3 Å². The molecule has 0 aliphatic carbocycles. The van der Waals surface area contributed by atoms with E-state index in [0.717, 1.165) is 28.3 Å². The van der Waals surface area contributed by atoms with Gasteiger partial charge in [0, 0.05) is 43.4 Å². The van der Waals surface area contributed by atoms with E-state index in [1.165, 1.54) is 0 Å². The summed E-state index contributed by atoms with van der Waals surface area (Å²) >= 11 is 0. The van der Waals surface area contributed by atoms with Crippen LogP contribution < -0.4 is 15.6 Å². The van der Waals surface area contributed by atoms with Gasteiger partial charge in [0.2, 0.25) is 0 Å². The monoisotopic (exact) mass is 483 g/mol. The Kier molecular flexibility index (Phi) is 8.05. The van der Waals surface area contributed by atoms with E-state index in [9.17, 15) is 9.59 Å². The van der Waals surface area contributed by atoms with Gasteiger partial charge in [-0.2, -0.15) is 0 Å². The summed E-state index contributed by atoms with van der Waals surface area (Å²) in [5.74, 6) is 0.847. The lowest BCUT2D eigenvalue weighted by Crippen LogP contribution is -2.38. The Bertz CT molecular complexity index is 1280. The lowest BCUT2D eigenvalue weighted by Gasteiger charge is -2.23. The van der Waals surface area contributed by atoms with Gasteiger partial charge < -0.3 is 24.1 Å². The molecule has 2 atom stereocenters. The minimum Gasteiger partial charge on any atom is -0.493 e. The number of carbonyl (C=O) groups excluding carboxylic acids is 1. The Morgan fingerprint density at radius 2 is 1.91 bits per heavy atom. The van der Waals surface area contributed by atoms with Crippen molar-refractivity contribution in [1.82, 2.24) is 14.9 Å². The van der Waals surface area contributed by atoms with E-state index in [-0.39, 0.29) is 17.5 Å². The number of nitrogens with zero attached hydrogens (tertiary/aromatic N) is 2. The first-order valence-corrected chi connectivity index (χ1v) is 11.9. The minimum absolute atomic E-state index is 0.0671. The standard InChI is InChI=1S/C27H37N3O5/c1-16(11-17(2)29-26(32)35-27(4,5)6)14-34-23-13-22-21(12-19(23)15-33-8)20-9-10-28-18(3)24(20)25(31)30(22)7/h9-10,12-13,16-17H,11,14-15H2,1-8H3,(H,29,32). The van der Waals surface area contributed by atoms with Crippen LogP contribution in [-0.4, -0.2) is 41.0 Å². The molecule has 3 aromatic rings. The van der Waals surface area contributed by atoms with E-state index in [2.05, 4.69) is 17.2 Å². The first-order chi connectivity index (χ1) is 16.4. The number of rotatable bonds is 8. The first kappa shape index (κ1) is 26.5. The fourth-order valence-corrected chi connectivity index (χ4v) is 4.32. The smallest absolute Gasteiger partial charge is 0.407 e. The van der Waals surface area contributed by atoms with Crippen LogP contribution in [0.2, 0.25) is 0 Å². The number of hydrogen-bond donors (Lipinski definition) is 1. The van der Waals surface area contributed by atoms with Crippen LogP contribution in [0.3, 0.4) is 0 Å². The summed E-state index contributed by atoms with van der Waals surface area (Å²) in [5, 5.41) is 5.33. The molecule has 0 aliphatic heterocycles. The summed E-state index contributed by atoms with van der Waals surface area (Å²) in [4.78, 5) is 29.4. The number of ether oxygens (including phenoxy) is 3. The molecule has 1 N–H and O–H groups in total. The highest BCUT2D eigenvalue weighted by Gasteiger charge is 2.20. The molecule has 8 nitrogen and oxygen atoms in total. The predicted molar refractivity (Wildman–Crippen MR) is 138 cm³/mol. The molecule has 1 amide bonds. The number of hydrogen-bond acceptors (Lipinski definition) is 6. The van der Waals surface area contributed by atoms with Crippen molar-refractivity contribution in [2.45, 2.75) is 66.2 Å². The molecule has 0 aliphatic rings. The van der Waals surface area contributed by atoms with Gasteiger partial charge in [-0.05, 0) is 64.5 Å². The molecule has 3 rings (SSSR count). The quantitative estimate of drug-likeness (QED) is 0.460. The van der Waals surface area contributed by atoms with Crippen molar-refractivity contribution in [3.8, 4) is 5.75 Å². The maximum atomic E-state index is 13.1. The summed E-state index contributed by atoms with van der Waals surface area (Å²) in [6.45, 7) is 12.2. The fraction of sp³-hybridized carbons (Fsp3) is 0.519. The number of pyridine rings is 2. The number of aromatic nitrogens is 2. The number of aryl methyl sites for hydroxylation is 2. The van der Waals surface area contributed by atoms with Crippen LogP contribution in [0.25, 0.3) is 21.7 Å². The fourth-order valence-electron chi connectivity index (χ4n) is 4.32. The number of carbonyl (C=O) groups is 1. The molecule has 0 fully saturated rings. The number of fused-ring (bicyclic) bond motifs is 3. The summed E-state index contributed by atoms with van der Waals surface area (Å²) < 4.78 is 18.6. The molecule has 0 spiro atoms. The Morgan fingerprint density at radius 1 is 1.20 bits per heavy atom. The zero-order chi connectivity index (χ0) is 25.9. The van der Waals surface area contributed by atoms with E-state index in [1.807, 2.05) is 52.8 Å². The third kappa shape index (κ3) is 6.31. The molecular formula is C27H37N3O5. The first-order valence-electron chi connectivity index (χ1n) is 11.9. The van der Waals surface area contributed by atoms with Crippen LogP contribution in [0.15, 0.2) is 29.2 Å². The number of alkyl carbamates (subject to hydrolysis) is 1. The van der Waals surface area contributed by atoms with E-state index in [0.29, 0.717) is 30.0 Å². The Morgan fingerprint density at radius 3 is 2.57 bits per heavy atom. The topological polar surface area (TPSA) is 91.7 Å². The molecule has 0 saturated heterocycles. The summed E-state index contributed by atoms with van der Waals surface area (Å²) in [7, 11) is 3.41. The van der Waals surface area contributed by atoms with E-state index in [4.69, 9.17) is 14.2 Å². The van der Waals surface area contributed by atoms with Crippen LogP contribution in [0.5, 0.6) is 5.75 Å². The van der Waals surface area contributed by atoms with Crippen LogP contribution >= 0.6 is 0 Å². The number of nitrogens with one attached hydrogen (secondary N) is 1.